The number of nitrogens with zero attached hydrogens (tertiary/aromatic N) is 1. The van der Waals surface area contributed by atoms with Crippen LogP contribution in [0.25, 0.3) is 0 Å². The zero-order valence-electron chi connectivity index (χ0n) is 13.1. The molecule has 0 atom stereocenters. The van der Waals surface area contributed by atoms with Crippen molar-refractivity contribution in [3.63, 3.8) is 0 Å². The molecule has 0 bridgehead atoms. The summed E-state index contributed by atoms with van der Waals surface area (Å²) in [6.45, 7) is 9.10. The number of benzene rings is 1. The topological polar surface area (TPSA) is 34.2 Å². The van der Waals surface area contributed by atoms with Crippen LogP contribution in [-0.2, 0) is 12.0 Å². The molecule has 3 nitrogen and oxygen atoms in total. The van der Waals surface area contributed by atoms with Gasteiger partial charge in [-0.05, 0) is 25.1 Å². The third kappa shape index (κ3) is 5.48. The molecule has 1 N–H and O–H groups in total. The van der Waals surface area contributed by atoms with Gasteiger partial charge >= 0.3 is 0 Å². The first-order valence-electron chi connectivity index (χ1n) is 7.39. The number of thiazole rings is 1. The zero-order chi connectivity index (χ0) is 15.1. The van der Waals surface area contributed by atoms with Gasteiger partial charge in [-0.1, -0.05) is 39.0 Å². The quantitative estimate of drug-likeness (QED) is 0.785. The van der Waals surface area contributed by atoms with E-state index in [-0.39, 0.29) is 5.41 Å². The van der Waals surface area contributed by atoms with Gasteiger partial charge in [0.25, 0.3) is 0 Å². The molecule has 0 aliphatic heterocycles. The summed E-state index contributed by atoms with van der Waals surface area (Å²) >= 11 is 1.75. The lowest BCUT2D eigenvalue weighted by molar-refractivity contribution is 0.308. The molecule has 0 spiro atoms. The Balaban J connectivity index is 1.61. The molecule has 0 fully saturated rings. The number of rotatable bonds is 7. The fourth-order valence-corrected chi connectivity index (χ4v) is 2.76. The Morgan fingerprint density at radius 3 is 2.62 bits per heavy atom. The Hall–Kier alpha value is -1.39. The van der Waals surface area contributed by atoms with E-state index < -0.39 is 0 Å². The molecule has 0 saturated heterocycles. The van der Waals surface area contributed by atoms with Crippen LogP contribution in [0.3, 0.4) is 0 Å². The third-order valence-corrected chi connectivity index (χ3v) is 4.33. The first-order valence-corrected chi connectivity index (χ1v) is 8.27. The van der Waals surface area contributed by atoms with Gasteiger partial charge in [-0.15, -0.1) is 11.3 Å². The minimum Gasteiger partial charge on any atom is -0.494 e. The molecule has 2 aromatic rings. The SMILES string of the molecule is CC(C)(C)c1nc(CNCCCOc2ccccc2)cs1. The number of nitrogens with one attached hydrogen (secondary N) is 1. The van der Waals surface area contributed by atoms with E-state index in [2.05, 4.69) is 36.5 Å². The molecular weight excluding hydrogens is 280 g/mol. The number of ether oxygens (including phenoxy) is 1. The van der Waals surface area contributed by atoms with Gasteiger partial charge in [0.05, 0.1) is 17.3 Å². The van der Waals surface area contributed by atoms with Crippen molar-refractivity contribution in [1.29, 1.82) is 0 Å². The molecule has 0 saturated carbocycles. The van der Waals surface area contributed by atoms with Crippen molar-refractivity contribution in [3.05, 3.63) is 46.4 Å². The van der Waals surface area contributed by atoms with Gasteiger partial charge in [0.1, 0.15) is 5.75 Å². The van der Waals surface area contributed by atoms with Crippen LogP contribution in [0, 0.1) is 0 Å². The molecule has 0 radical (unpaired) electrons. The highest BCUT2D eigenvalue weighted by molar-refractivity contribution is 7.09. The minimum absolute atomic E-state index is 0.145. The molecule has 1 aromatic carbocycles. The molecule has 0 amide bonds. The van der Waals surface area contributed by atoms with Gasteiger partial charge in [-0.2, -0.15) is 0 Å². The summed E-state index contributed by atoms with van der Waals surface area (Å²) < 4.78 is 5.65. The smallest absolute Gasteiger partial charge is 0.119 e. The van der Waals surface area contributed by atoms with Crippen molar-refractivity contribution in [2.75, 3.05) is 13.2 Å². The standard InChI is InChI=1S/C17H24N2OS/c1-17(2,3)16-19-14(13-21-16)12-18-10-7-11-20-15-8-5-4-6-9-15/h4-6,8-9,13,18H,7,10-12H2,1-3H3. The van der Waals surface area contributed by atoms with Crippen molar-refractivity contribution in [2.45, 2.75) is 39.2 Å². The summed E-state index contributed by atoms with van der Waals surface area (Å²) in [6, 6.07) is 9.94. The van der Waals surface area contributed by atoms with Crippen LogP contribution >= 0.6 is 11.3 Å². The van der Waals surface area contributed by atoms with Gasteiger partial charge in [0.15, 0.2) is 0 Å². The highest BCUT2D eigenvalue weighted by Crippen LogP contribution is 2.25. The lowest BCUT2D eigenvalue weighted by atomic mass is 9.98. The zero-order valence-corrected chi connectivity index (χ0v) is 13.9. The molecular formula is C17H24N2OS. The molecule has 21 heavy (non-hydrogen) atoms. The second-order valence-corrected chi connectivity index (χ2v) is 6.94. The molecule has 1 aromatic heterocycles. The molecule has 2 rings (SSSR count). The Labute approximate surface area is 131 Å². The molecule has 114 valence electrons. The molecule has 4 heteroatoms. The maximum atomic E-state index is 5.65. The fraction of sp³-hybridized carbons (Fsp3) is 0.471. The summed E-state index contributed by atoms with van der Waals surface area (Å²) in [4.78, 5) is 4.67. The monoisotopic (exact) mass is 304 g/mol. The first-order chi connectivity index (χ1) is 10.1. The van der Waals surface area contributed by atoms with E-state index in [1.807, 2.05) is 30.3 Å². The summed E-state index contributed by atoms with van der Waals surface area (Å²) in [5.74, 6) is 0.937. The first kappa shape index (κ1) is 16.0. The van der Waals surface area contributed by atoms with Gasteiger partial charge in [-0.3, -0.25) is 0 Å². The lowest BCUT2D eigenvalue weighted by Crippen LogP contribution is -2.18. The van der Waals surface area contributed by atoms with Crippen molar-refractivity contribution in [1.82, 2.24) is 10.3 Å². The van der Waals surface area contributed by atoms with E-state index in [4.69, 9.17) is 4.74 Å². The molecule has 0 aliphatic carbocycles. The maximum absolute atomic E-state index is 5.65. The number of para-hydroxylation sites is 1. The lowest BCUT2D eigenvalue weighted by Gasteiger charge is -2.13. The largest absolute Gasteiger partial charge is 0.494 e. The van der Waals surface area contributed by atoms with E-state index in [1.165, 1.54) is 5.01 Å². The van der Waals surface area contributed by atoms with Crippen molar-refractivity contribution >= 4 is 11.3 Å². The van der Waals surface area contributed by atoms with Crippen LogP contribution in [0.5, 0.6) is 5.75 Å². The fourth-order valence-electron chi connectivity index (χ4n) is 1.85. The average molecular weight is 304 g/mol. The van der Waals surface area contributed by atoms with Crippen LogP contribution in [0.2, 0.25) is 0 Å². The van der Waals surface area contributed by atoms with Crippen LogP contribution in [0.4, 0.5) is 0 Å². The van der Waals surface area contributed by atoms with Crippen molar-refractivity contribution in [3.8, 4) is 5.75 Å². The van der Waals surface area contributed by atoms with E-state index >= 15 is 0 Å². The van der Waals surface area contributed by atoms with Crippen LogP contribution in [0.15, 0.2) is 35.7 Å². The van der Waals surface area contributed by atoms with E-state index in [1.54, 1.807) is 11.3 Å². The van der Waals surface area contributed by atoms with Crippen LogP contribution in [-0.4, -0.2) is 18.1 Å². The highest BCUT2D eigenvalue weighted by atomic mass is 32.1. The second-order valence-electron chi connectivity index (χ2n) is 6.09. The molecule has 0 unspecified atom stereocenters. The second kappa shape index (κ2) is 7.57. The minimum atomic E-state index is 0.145. The van der Waals surface area contributed by atoms with Gasteiger partial charge in [0, 0.05) is 17.3 Å². The van der Waals surface area contributed by atoms with Crippen molar-refractivity contribution < 1.29 is 4.74 Å². The number of hydrogen-bond acceptors (Lipinski definition) is 4. The summed E-state index contributed by atoms with van der Waals surface area (Å²) in [5.41, 5.74) is 1.28. The Bertz CT molecular complexity index is 531. The van der Waals surface area contributed by atoms with E-state index in [0.29, 0.717) is 0 Å². The van der Waals surface area contributed by atoms with E-state index in [9.17, 15) is 0 Å². The Morgan fingerprint density at radius 1 is 1.19 bits per heavy atom. The van der Waals surface area contributed by atoms with Crippen molar-refractivity contribution in [2.24, 2.45) is 0 Å². The van der Waals surface area contributed by atoms with Crippen LogP contribution < -0.4 is 10.1 Å². The maximum Gasteiger partial charge on any atom is 0.119 e. The summed E-state index contributed by atoms with van der Waals surface area (Å²) in [6.07, 6.45) is 0.991. The van der Waals surface area contributed by atoms with Gasteiger partial charge in [0.2, 0.25) is 0 Å². The summed E-state index contributed by atoms with van der Waals surface area (Å²) in [7, 11) is 0. The Kier molecular flexibility index (Phi) is 5.76. The van der Waals surface area contributed by atoms with E-state index in [0.717, 1.165) is 37.6 Å². The molecule has 1 heterocycles. The number of hydrogen-bond donors (Lipinski definition) is 1. The normalized spacial score (nSPS) is 11.6. The van der Waals surface area contributed by atoms with Gasteiger partial charge < -0.3 is 10.1 Å². The third-order valence-electron chi connectivity index (χ3n) is 3.01. The summed E-state index contributed by atoms with van der Waals surface area (Å²) in [5, 5.41) is 6.76. The predicted molar refractivity (Wildman–Crippen MR) is 89.1 cm³/mol. The average Bonchev–Trinajstić information content (AvgIpc) is 2.93. The molecule has 0 aliphatic rings. The predicted octanol–water partition coefficient (Wildman–Crippen LogP) is 4.00. The highest BCUT2D eigenvalue weighted by Gasteiger charge is 2.17. The van der Waals surface area contributed by atoms with Gasteiger partial charge in [-0.25, -0.2) is 4.98 Å². The number of aromatic nitrogens is 1. The van der Waals surface area contributed by atoms with Crippen LogP contribution in [0.1, 0.15) is 37.9 Å². The Morgan fingerprint density at radius 2 is 1.95 bits per heavy atom.